The van der Waals surface area contributed by atoms with Crippen molar-refractivity contribution in [2.75, 3.05) is 0 Å². The predicted molar refractivity (Wildman–Crippen MR) is 76.9 cm³/mol. The maximum absolute atomic E-state index is 12.2. The summed E-state index contributed by atoms with van der Waals surface area (Å²) in [5.41, 5.74) is 0.196. The molecule has 2 rings (SSSR count). The molecule has 108 valence electrons. The van der Waals surface area contributed by atoms with Crippen LogP contribution in [-0.4, -0.2) is 11.6 Å². The fraction of sp³-hybridized carbons (Fsp3) is 0.882. The average Bonchev–Trinajstić information content (AvgIpc) is 2.77. The maximum Gasteiger partial charge on any atom is 0.145 e. The van der Waals surface area contributed by atoms with Crippen molar-refractivity contribution in [3.05, 3.63) is 0 Å². The van der Waals surface area contributed by atoms with Crippen molar-refractivity contribution in [3.63, 3.8) is 0 Å². The Morgan fingerprint density at radius 1 is 1.00 bits per heavy atom. The van der Waals surface area contributed by atoms with Crippen LogP contribution in [-0.2, 0) is 9.59 Å². The Labute approximate surface area is 117 Å². The van der Waals surface area contributed by atoms with E-state index >= 15 is 0 Å². The van der Waals surface area contributed by atoms with E-state index in [0.29, 0.717) is 5.41 Å². The molecule has 2 nitrogen and oxygen atoms in total. The van der Waals surface area contributed by atoms with Gasteiger partial charge in [0.15, 0.2) is 0 Å². The highest BCUT2D eigenvalue weighted by atomic mass is 16.1. The first-order valence-electron chi connectivity index (χ1n) is 7.88. The van der Waals surface area contributed by atoms with Crippen LogP contribution in [0.3, 0.4) is 0 Å². The molecule has 1 spiro atoms. The first kappa shape index (κ1) is 14.7. The summed E-state index contributed by atoms with van der Waals surface area (Å²) >= 11 is 0. The van der Waals surface area contributed by atoms with Crippen molar-refractivity contribution in [3.8, 4) is 0 Å². The second kappa shape index (κ2) is 5.38. The fourth-order valence-electron chi connectivity index (χ4n) is 3.74. The van der Waals surface area contributed by atoms with Crippen molar-refractivity contribution < 1.29 is 9.59 Å². The third-order valence-electron chi connectivity index (χ3n) is 5.34. The minimum Gasteiger partial charge on any atom is -0.299 e. The summed E-state index contributed by atoms with van der Waals surface area (Å²) in [6.07, 6.45) is 10.1. The Morgan fingerprint density at radius 2 is 1.53 bits per heavy atom. The molecule has 2 aliphatic rings. The highest BCUT2D eigenvalue weighted by molar-refractivity contribution is 6.02. The number of hydrogen-bond donors (Lipinski definition) is 0. The van der Waals surface area contributed by atoms with E-state index in [-0.39, 0.29) is 29.3 Å². The summed E-state index contributed by atoms with van der Waals surface area (Å²) < 4.78 is 0. The van der Waals surface area contributed by atoms with Crippen molar-refractivity contribution >= 4 is 11.6 Å². The second-order valence-corrected chi connectivity index (χ2v) is 7.80. The molecule has 0 aromatic rings. The van der Waals surface area contributed by atoms with Gasteiger partial charge in [0.1, 0.15) is 11.6 Å². The van der Waals surface area contributed by atoms with Crippen LogP contribution in [0.1, 0.15) is 78.6 Å². The SMILES string of the molecule is CC(C)(C)C(=O)CC(=O)C1CCC2(CCCC2)CC1. The molecule has 0 N–H and O–H groups in total. The lowest BCUT2D eigenvalue weighted by Crippen LogP contribution is -2.31. The zero-order chi connectivity index (χ0) is 14.1. The number of hydrogen-bond acceptors (Lipinski definition) is 2. The smallest absolute Gasteiger partial charge is 0.145 e. The van der Waals surface area contributed by atoms with E-state index in [9.17, 15) is 9.59 Å². The molecule has 0 saturated heterocycles. The summed E-state index contributed by atoms with van der Waals surface area (Å²) in [5.74, 6) is 0.462. The Hall–Kier alpha value is -0.660. The molecule has 0 atom stereocenters. The van der Waals surface area contributed by atoms with Crippen molar-refractivity contribution in [1.82, 2.24) is 0 Å². The van der Waals surface area contributed by atoms with E-state index in [1.807, 2.05) is 20.8 Å². The van der Waals surface area contributed by atoms with Crippen molar-refractivity contribution in [2.45, 2.75) is 78.6 Å². The van der Waals surface area contributed by atoms with Gasteiger partial charge < -0.3 is 0 Å². The first-order chi connectivity index (χ1) is 8.82. The number of carbonyl (C=O) groups is 2. The van der Waals surface area contributed by atoms with Gasteiger partial charge in [-0.1, -0.05) is 33.6 Å². The molecule has 0 heterocycles. The molecule has 2 fully saturated rings. The van der Waals surface area contributed by atoms with Gasteiger partial charge in [0, 0.05) is 11.3 Å². The van der Waals surface area contributed by atoms with Gasteiger partial charge in [-0.05, 0) is 43.9 Å². The third-order valence-corrected chi connectivity index (χ3v) is 5.34. The van der Waals surface area contributed by atoms with Gasteiger partial charge in [-0.3, -0.25) is 9.59 Å². The maximum atomic E-state index is 12.2. The second-order valence-electron chi connectivity index (χ2n) is 7.80. The lowest BCUT2D eigenvalue weighted by molar-refractivity contribution is -0.134. The molecule has 2 heteroatoms. The molecular weight excluding hydrogens is 236 g/mol. The summed E-state index contributed by atoms with van der Waals surface area (Å²) in [7, 11) is 0. The predicted octanol–water partition coefficient (Wildman–Crippen LogP) is 4.31. The summed E-state index contributed by atoms with van der Waals surface area (Å²) in [5, 5.41) is 0. The molecule has 0 aromatic heterocycles. The molecule has 2 saturated carbocycles. The number of Topliss-reactive ketones (excluding diaryl/α,β-unsaturated/α-hetero) is 2. The van der Waals surface area contributed by atoms with Crippen LogP contribution < -0.4 is 0 Å². The monoisotopic (exact) mass is 264 g/mol. The van der Waals surface area contributed by atoms with Crippen LogP contribution >= 0.6 is 0 Å². The molecule has 2 aliphatic carbocycles. The number of ketones is 2. The molecule has 0 unspecified atom stereocenters. The van der Waals surface area contributed by atoms with Gasteiger partial charge in [0.05, 0.1) is 6.42 Å². The van der Waals surface area contributed by atoms with E-state index in [1.54, 1.807) is 0 Å². The standard InChI is InChI=1S/C17H28O2/c1-16(2,3)15(19)12-14(18)13-6-10-17(11-7-13)8-4-5-9-17/h13H,4-12H2,1-3H3. The minimum atomic E-state index is -0.378. The molecule has 0 aliphatic heterocycles. The highest BCUT2D eigenvalue weighted by Gasteiger charge is 2.39. The number of rotatable bonds is 3. The largest absolute Gasteiger partial charge is 0.299 e. The molecule has 19 heavy (non-hydrogen) atoms. The molecule has 0 bridgehead atoms. The van der Waals surface area contributed by atoms with E-state index in [4.69, 9.17) is 0 Å². The Morgan fingerprint density at radius 3 is 2.00 bits per heavy atom. The molecule has 0 amide bonds. The molecular formula is C17H28O2. The van der Waals surface area contributed by atoms with E-state index in [0.717, 1.165) is 12.8 Å². The molecule has 0 aromatic carbocycles. The van der Waals surface area contributed by atoms with Crippen molar-refractivity contribution in [1.29, 1.82) is 0 Å². The van der Waals surface area contributed by atoms with Gasteiger partial charge in [0.25, 0.3) is 0 Å². The highest BCUT2D eigenvalue weighted by Crippen LogP contribution is 2.50. The van der Waals surface area contributed by atoms with Gasteiger partial charge in [-0.15, -0.1) is 0 Å². The van der Waals surface area contributed by atoms with Gasteiger partial charge in [0.2, 0.25) is 0 Å². The van der Waals surface area contributed by atoms with Crippen LogP contribution in [0, 0.1) is 16.7 Å². The lowest BCUT2D eigenvalue weighted by Gasteiger charge is -2.36. The molecule has 0 radical (unpaired) electrons. The van der Waals surface area contributed by atoms with E-state index in [1.165, 1.54) is 38.5 Å². The van der Waals surface area contributed by atoms with Crippen molar-refractivity contribution in [2.24, 2.45) is 16.7 Å². The van der Waals surface area contributed by atoms with Crippen LogP contribution in [0.5, 0.6) is 0 Å². The number of carbonyl (C=O) groups excluding carboxylic acids is 2. The zero-order valence-electron chi connectivity index (χ0n) is 12.8. The van der Waals surface area contributed by atoms with Crippen LogP contribution in [0.2, 0.25) is 0 Å². The lowest BCUT2D eigenvalue weighted by atomic mass is 9.68. The third kappa shape index (κ3) is 3.46. The van der Waals surface area contributed by atoms with E-state index in [2.05, 4.69) is 0 Å². The summed E-state index contributed by atoms with van der Waals surface area (Å²) in [4.78, 5) is 24.2. The van der Waals surface area contributed by atoms with Crippen LogP contribution in [0.4, 0.5) is 0 Å². The average molecular weight is 264 g/mol. The first-order valence-corrected chi connectivity index (χ1v) is 7.88. The topological polar surface area (TPSA) is 34.1 Å². The Kier molecular flexibility index (Phi) is 4.17. The Bertz CT molecular complexity index is 346. The summed E-state index contributed by atoms with van der Waals surface area (Å²) in [6, 6.07) is 0. The van der Waals surface area contributed by atoms with Gasteiger partial charge >= 0.3 is 0 Å². The zero-order valence-corrected chi connectivity index (χ0v) is 12.8. The van der Waals surface area contributed by atoms with Crippen LogP contribution in [0.15, 0.2) is 0 Å². The quantitative estimate of drug-likeness (QED) is 0.712. The van der Waals surface area contributed by atoms with Crippen LogP contribution in [0.25, 0.3) is 0 Å². The Balaban J connectivity index is 1.84. The van der Waals surface area contributed by atoms with Gasteiger partial charge in [-0.2, -0.15) is 0 Å². The summed E-state index contributed by atoms with van der Waals surface area (Å²) in [6.45, 7) is 5.70. The normalized spacial score (nSPS) is 23.7. The van der Waals surface area contributed by atoms with Gasteiger partial charge in [-0.25, -0.2) is 0 Å². The minimum absolute atomic E-state index is 0.0960. The van der Waals surface area contributed by atoms with E-state index < -0.39 is 0 Å². The fourth-order valence-corrected chi connectivity index (χ4v) is 3.74.